The topological polar surface area (TPSA) is 57.6 Å². The van der Waals surface area contributed by atoms with Gasteiger partial charge in [-0.1, -0.05) is 41.9 Å². The van der Waals surface area contributed by atoms with Crippen LogP contribution in [0.3, 0.4) is 0 Å². The molecule has 1 N–H and O–H groups in total. The van der Waals surface area contributed by atoms with Crippen LogP contribution in [0.4, 0.5) is 0 Å². The summed E-state index contributed by atoms with van der Waals surface area (Å²) in [7, 11) is 0. The summed E-state index contributed by atoms with van der Waals surface area (Å²) in [6, 6.07) is 14.8. The number of carboxylic acids is 1. The van der Waals surface area contributed by atoms with Crippen molar-refractivity contribution >= 4 is 35.2 Å². The Labute approximate surface area is 155 Å². The number of carbonyl (C=O) groups is 2. The summed E-state index contributed by atoms with van der Waals surface area (Å²) in [5.41, 5.74) is 1.36. The zero-order valence-corrected chi connectivity index (χ0v) is 15.3. The van der Waals surface area contributed by atoms with Crippen molar-refractivity contribution in [2.75, 3.05) is 19.3 Å². The average Bonchev–Trinajstić information content (AvgIpc) is 3.08. The van der Waals surface area contributed by atoms with Gasteiger partial charge in [-0.25, -0.2) is 0 Å². The van der Waals surface area contributed by atoms with Gasteiger partial charge in [-0.2, -0.15) is 0 Å². The SMILES string of the molecule is CSc1ccc(Cl)c(C(=O)N2CC(C(=O)O)C(c3ccccc3)C2)c1. The maximum Gasteiger partial charge on any atom is 0.308 e. The van der Waals surface area contributed by atoms with Gasteiger partial charge in [-0.3, -0.25) is 9.59 Å². The molecule has 1 heterocycles. The van der Waals surface area contributed by atoms with Gasteiger partial charge in [0, 0.05) is 23.9 Å². The van der Waals surface area contributed by atoms with Crippen molar-refractivity contribution in [1.29, 1.82) is 0 Å². The van der Waals surface area contributed by atoms with Gasteiger partial charge >= 0.3 is 5.97 Å². The highest BCUT2D eigenvalue weighted by Gasteiger charge is 2.40. The molecule has 25 heavy (non-hydrogen) atoms. The minimum atomic E-state index is -0.881. The van der Waals surface area contributed by atoms with E-state index in [1.165, 1.54) is 11.8 Å². The summed E-state index contributed by atoms with van der Waals surface area (Å²) in [6.07, 6.45) is 1.93. The van der Waals surface area contributed by atoms with Gasteiger partial charge in [0.25, 0.3) is 5.91 Å². The van der Waals surface area contributed by atoms with Crippen molar-refractivity contribution < 1.29 is 14.7 Å². The summed E-state index contributed by atoms with van der Waals surface area (Å²) >= 11 is 7.74. The Balaban J connectivity index is 1.89. The number of likely N-dealkylation sites (tertiary alicyclic amines) is 1. The number of amides is 1. The predicted octanol–water partition coefficient (Wildman–Crippen LogP) is 4.00. The molecule has 0 saturated carbocycles. The van der Waals surface area contributed by atoms with Gasteiger partial charge in [-0.15, -0.1) is 11.8 Å². The highest BCUT2D eigenvalue weighted by molar-refractivity contribution is 7.98. The van der Waals surface area contributed by atoms with Crippen molar-refractivity contribution in [1.82, 2.24) is 4.90 Å². The molecule has 4 nitrogen and oxygen atoms in total. The molecule has 1 amide bonds. The Morgan fingerprint density at radius 1 is 1.16 bits per heavy atom. The smallest absolute Gasteiger partial charge is 0.308 e. The van der Waals surface area contributed by atoms with Crippen molar-refractivity contribution in [3.05, 3.63) is 64.7 Å². The first-order valence-corrected chi connectivity index (χ1v) is 9.52. The second kappa shape index (κ2) is 7.50. The lowest BCUT2D eigenvalue weighted by Gasteiger charge is -2.18. The fourth-order valence-electron chi connectivity index (χ4n) is 3.22. The van der Waals surface area contributed by atoms with E-state index in [9.17, 15) is 14.7 Å². The predicted molar refractivity (Wildman–Crippen MR) is 99.4 cm³/mol. The van der Waals surface area contributed by atoms with Crippen LogP contribution in [0.5, 0.6) is 0 Å². The number of carboxylic acid groups (broad SMARTS) is 1. The van der Waals surface area contributed by atoms with E-state index in [-0.39, 0.29) is 18.4 Å². The monoisotopic (exact) mass is 375 g/mol. The second-order valence-corrected chi connectivity index (χ2v) is 7.30. The minimum absolute atomic E-state index is 0.188. The van der Waals surface area contributed by atoms with E-state index in [4.69, 9.17) is 11.6 Å². The first-order valence-electron chi connectivity index (χ1n) is 7.92. The number of thioether (sulfide) groups is 1. The van der Waals surface area contributed by atoms with Crippen molar-refractivity contribution in [2.45, 2.75) is 10.8 Å². The molecular weight excluding hydrogens is 358 g/mol. The molecule has 0 spiro atoms. The van der Waals surface area contributed by atoms with E-state index in [2.05, 4.69) is 0 Å². The molecule has 3 rings (SSSR count). The lowest BCUT2D eigenvalue weighted by Crippen LogP contribution is -2.30. The Kier molecular flexibility index (Phi) is 5.35. The third kappa shape index (κ3) is 3.67. The standard InChI is InChI=1S/C19H18ClNO3S/c1-25-13-7-8-17(20)14(9-13)18(22)21-10-15(16(11-21)19(23)24)12-5-3-2-4-6-12/h2-9,15-16H,10-11H2,1H3,(H,23,24). The molecule has 1 fully saturated rings. The normalized spacial score (nSPS) is 19.8. The van der Waals surface area contributed by atoms with E-state index in [0.717, 1.165) is 10.5 Å². The van der Waals surface area contributed by atoms with Crippen LogP contribution in [-0.2, 0) is 4.79 Å². The number of benzene rings is 2. The summed E-state index contributed by atoms with van der Waals surface area (Å²) in [4.78, 5) is 27.2. The fraction of sp³-hybridized carbons (Fsp3) is 0.263. The molecule has 130 valence electrons. The highest BCUT2D eigenvalue weighted by Crippen LogP contribution is 2.34. The molecular formula is C19H18ClNO3S. The Bertz CT molecular complexity index is 797. The van der Waals surface area contributed by atoms with Gasteiger partial charge in [0.1, 0.15) is 0 Å². The van der Waals surface area contributed by atoms with Crippen molar-refractivity contribution in [3.63, 3.8) is 0 Å². The molecule has 2 aromatic rings. The molecule has 1 aliphatic rings. The lowest BCUT2D eigenvalue weighted by molar-refractivity contribution is -0.141. The number of rotatable bonds is 4. The second-order valence-electron chi connectivity index (χ2n) is 6.02. The Morgan fingerprint density at radius 2 is 1.88 bits per heavy atom. The molecule has 6 heteroatoms. The maximum atomic E-state index is 12.9. The van der Waals surface area contributed by atoms with E-state index >= 15 is 0 Å². The molecule has 0 aromatic heterocycles. The maximum absolute atomic E-state index is 12.9. The van der Waals surface area contributed by atoms with Gasteiger partial charge in [-0.05, 0) is 30.0 Å². The zero-order valence-electron chi connectivity index (χ0n) is 13.7. The van der Waals surface area contributed by atoms with Crippen LogP contribution < -0.4 is 0 Å². The van der Waals surface area contributed by atoms with Crippen LogP contribution in [0, 0.1) is 5.92 Å². The van der Waals surface area contributed by atoms with Crippen LogP contribution in [0.25, 0.3) is 0 Å². The zero-order chi connectivity index (χ0) is 18.0. The average molecular weight is 376 g/mol. The molecule has 1 aliphatic heterocycles. The van der Waals surface area contributed by atoms with Crippen LogP contribution in [0.1, 0.15) is 21.8 Å². The number of nitrogens with zero attached hydrogens (tertiary/aromatic N) is 1. The van der Waals surface area contributed by atoms with Crippen molar-refractivity contribution in [2.24, 2.45) is 5.92 Å². The number of hydrogen-bond donors (Lipinski definition) is 1. The van der Waals surface area contributed by atoms with Crippen molar-refractivity contribution in [3.8, 4) is 0 Å². The van der Waals surface area contributed by atoms with Gasteiger partial charge in [0.2, 0.25) is 0 Å². The highest BCUT2D eigenvalue weighted by atomic mass is 35.5. The number of halogens is 1. The molecule has 0 bridgehead atoms. The summed E-state index contributed by atoms with van der Waals surface area (Å²) < 4.78 is 0. The number of aliphatic carboxylic acids is 1. The van der Waals surface area contributed by atoms with Crippen LogP contribution in [-0.4, -0.2) is 41.2 Å². The van der Waals surface area contributed by atoms with Crippen LogP contribution >= 0.6 is 23.4 Å². The molecule has 2 unspecified atom stereocenters. The first kappa shape index (κ1) is 17.8. The number of carbonyl (C=O) groups excluding carboxylic acids is 1. The summed E-state index contributed by atoms with van der Waals surface area (Å²) in [6.45, 7) is 0.563. The van der Waals surface area contributed by atoms with Gasteiger partial charge < -0.3 is 10.0 Å². The van der Waals surface area contributed by atoms with Gasteiger partial charge in [0.15, 0.2) is 0 Å². The Morgan fingerprint density at radius 3 is 2.52 bits per heavy atom. The molecule has 1 saturated heterocycles. The van der Waals surface area contributed by atoms with E-state index in [1.807, 2.05) is 42.7 Å². The largest absolute Gasteiger partial charge is 0.481 e. The molecule has 2 aromatic carbocycles. The van der Waals surface area contributed by atoms with E-state index < -0.39 is 11.9 Å². The quantitative estimate of drug-likeness (QED) is 0.820. The summed E-state index contributed by atoms with van der Waals surface area (Å²) in [5, 5.41) is 9.97. The van der Waals surface area contributed by atoms with Crippen LogP contribution in [0.2, 0.25) is 5.02 Å². The third-order valence-corrected chi connectivity index (χ3v) is 5.61. The molecule has 0 radical (unpaired) electrons. The lowest BCUT2D eigenvalue weighted by atomic mass is 9.89. The van der Waals surface area contributed by atoms with Crippen LogP contribution in [0.15, 0.2) is 53.4 Å². The van der Waals surface area contributed by atoms with Gasteiger partial charge in [0.05, 0.1) is 16.5 Å². The van der Waals surface area contributed by atoms with E-state index in [0.29, 0.717) is 17.1 Å². The molecule has 2 atom stereocenters. The van der Waals surface area contributed by atoms with E-state index in [1.54, 1.807) is 17.0 Å². The first-order chi connectivity index (χ1) is 12.0. The number of hydrogen-bond acceptors (Lipinski definition) is 3. The Hall–Kier alpha value is -1.98. The summed E-state index contributed by atoms with van der Waals surface area (Å²) in [5.74, 6) is -1.93. The minimum Gasteiger partial charge on any atom is -0.481 e. The third-order valence-electron chi connectivity index (χ3n) is 4.56. The molecule has 0 aliphatic carbocycles. The fourth-order valence-corrected chi connectivity index (χ4v) is 3.86.